The van der Waals surface area contributed by atoms with Crippen molar-refractivity contribution in [1.29, 1.82) is 0 Å². The SMILES string of the molecule is CCc1ccc(C=CC(=O)Nc2ncn[nH]2)cc1. The minimum Gasteiger partial charge on any atom is -0.291 e. The molecule has 2 N–H and O–H groups in total. The number of nitrogens with one attached hydrogen (secondary N) is 2. The summed E-state index contributed by atoms with van der Waals surface area (Å²) in [5, 5.41) is 8.75. The Morgan fingerprint density at radius 2 is 2.17 bits per heavy atom. The van der Waals surface area contributed by atoms with Crippen LogP contribution >= 0.6 is 0 Å². The Hall–Kier alpha value is -2.43. The molecule has 18 heavy (non-hydrogen) atoms. The standard InChI is InChI=1S/C13H14N4O/c1-2-10-3-5-11(6-4-10)7-8-12(18)16-13-14-9-15-17-13/h3-9H,2H2,1H3,(H2,14,15,16,17,18). The molecule has 0 fully saturated rings. The summed E-state index contributed by atoms with van der Waals surface area (Å²) < 4.78 is 0. The van der Waals surface area contributed by atoms with E-state index in [1.54, 1.807) is 6.08 Å². The van der Waals surface area contributed by atoms with Gasteiger partial charge in [-0.1, -0.05) is 31.2 Å². The summed E-state index contributed by atoms with van der Waals surface area (Å²) >= 11 is 0. The van der Waals surface area contributed by atoms with E-state index in [-0.39, 0.29) is 5.91 Å². The second-order valence-electron chi connectivity index (χ2n) is 3.75. The molecule has 0 radical (unpaired) electrons. The number of hydrogen-bond donors (Lipinski definition) is 2. The number of carbonyl (C=O) groups excluding carboxylic acids is 1. The van der Waals surface area contributed by atoms with Crippen molar-refractivity contribution in [1.82, 2.24) is 15.2 Å². The molecule has 2 aromatic rings. The van der Waals surface area contributed by atoms with Crippen LogP contribution in [0.4, 0.5) is 5.95 Å². The molecule has 1 heterocycles. The van der Waals surface area contributed by atoms with Gasteiger partial charge in [0.1, 0.15) is 6.33 Å². The third kappa shape index (κ3) is 3.28. The van der Waals surface area contributed by atoms with Gasteiger partial charge in [-0.2, -0.15) is 10.1 Å². The second kappa shape index (κ2) is 5.77. The molecule has 92 valence electrons. The summed E-state index contributed by atoms with van der Waals surface area (Å²) in [6.07, 6.45) is 5.56. The van der Waals surface area contributed by atoms with Crippen LogP contribution in [0.2, 0.25) is 0 Å². The van der Waals surface area contributed by atoms with E-state index in [0.29, 0.717) is 5.95 Å². The van der Waals surface area contributed by atoms with Gasteiger partial charge in [-0.05, 0) is 23.6 Å². The van der Waals surface area contributed by atoms with Gasteiger partial charge < -0.3 is 0 Å². The Kier molecular flexibility index (Phi) is 3.86. The number of H-pyrrole nitrogens is 1. The zero-order valence-electron chi connectivity index (χ0n) is 10.1. The van der Waals surface area contributed by atoms with E-state index in [9.17, 15) is 4.79 Å². The number of carbonyl (C=O) groups is 1. The topological polar surface area (TPSA) is 70.7 Å². The second-order valence-corrected chi connectivity index (χ2v) is 3.75. The van der Waals surface area contributed by atoms with E-state index in [4.69, 9.17) is 0 Å². The molecule has 1 aromatic carbocycles. The van der Waals surface area contributed by atoms with Gasteiger partial charge in [0.15, 0.2) is 0 Å². The van der Waals surface area contributed by atoms with Gasteiger partial charge in [0.25, 0.3) is 5.91 Å². The average Bonchev–Trinajstić information content (AvgIpc) is 2.90. The first-order chi connectivity index (χ1) is 8.78. The first-order valence-corrected chi connectivity index (χ1v) is 5.71. The van der Waals surface area contributed by atoms with Crippen LogP contribution in [0.25, 0.3) is 6.08 Å². The lowest BCUT2D eigenvalue weighted by atomic mass is 10.1. The highest BCUT2D eigenvalue weighted by Gasteiger charge is 1.99. The van der Waals surface area contributed by atoms with Crippen LogP contribution < -0.4 is 5.32 Å². The number of nitrogens with zero attached hydrogens (tertiary/aromatic N) is 2. The molecule has 0 unspecified atom stereocenters. The van der Waals surface area contributed by atoms with Gasteiger partial charge in [-0.3, -0.25) is 10.1 Å². The van der Waals surface area contributed by atoms with Crippen molar-refractivity contribution < 1.29 is 4.79 Å². The molecule has 0 aliphatic heterocycles. The maximum Gasteiger partial charge on any atom is 0.250 e. The molecule has 5 heteroatoms. The van der Waals surface area contributed by atoms with Crippen LogP contribution in [-0.2, 0) is 11.2 Å². The summed E-state index contributed by atoms with van der Waals surface area (Å²) in [6.45, 7) is 2.11. The number of rotatable bonds is 4. The van der Waals surface area contributed by atoms with Crippen molar-refractivity contribution in [2.75, 3.05) is 5.32 Å². The predicted octanol–water partition coefficient (Wildman–Crippen LogP) is 2.02. The van der Waals surface area contributed by atoms with E-state index in [1.807, 2.05) is 24.3 Å². The van der Waals surface area contributed by atoms with Crippen molar-refractivity contribution in [3.8, 4) is 0 Å². The summed E-state index contributed by atoms with van der Waals surface area (Å²) in [7, 11) is 0. The Bertz CT molecular complexity index is 529. The quantitative estimate of drug-likeness (QED) is 0.806. The highest BCUT2D eigenvalue weighted by Crippen LogP contribution is 2.06. The predicted molar refractivity (Wildman–Crippen MR) is 69.9 cm³/mol. The van der Waals surface area contributed by atoms with Gasteiger partial charge >= 0.3 is 0 Å². The fourth-order valence-corrected chi connectivity index (χ4v) is 1.46. The fraction of sp³-hybridized carbons (Fsp3) is 0.154. The Morgan fingerprint density at radius 3 is 2.78 bits per heavy atom. The van der Waals surface area contributed by atoms with Gasteiger partial charge in [0, 0.05) is 6.08 Å². The minimum atomic E-state index is -0.244. The molecular weight excluding hydrogens is 228 g/mol. The van der Waals surface area contributed by atoms with E-state index in [0.717, 1.165) is 12.0 Å². The summed E-state index contributed by atoms with van der Waals surface area (Å²) in [4.78, 5) is 15.3. The number of hydrogen-bond acceptors (Lipinski definition) is 3. The molecule has 0 aliphatic carbocycles. The molecule has 0 spiro atoms. The van der Waals surface area contributed by atoms with Gasteiger partial charge in [-0.15, -0.1) is 0 Å². The third-order valence-electron chi connectivity index (χ3n) is 2.47. The lowest BCUT2D eigenvalue weighted by molar-refractivity contribution is -0.111. The third-order valence-corrected chi connectivity index (χ3v) is 2.47. The van der Waals surface area contributed by atoms with Crippen LogP contribution in [-0.4, -0.2) is 21.1 Å². The number of anilines is 1. The highest BCUT2D eigenvalue weighted by molar-refractivity contribution is 6.00. The molecule has 0 atom stereocenters. The maximum atomic E-state index is 11.5. The lowest BCUT2D eigenvalue weighted by Crippen LogP contribution is -2.08. The number of aromatic amines is 1. The number of benzene rings is 1. The fourth-order valence-electron chi connectivity index (χ4n) is 1.46. The molecular formula is C13H14N4O. The maximum absolute atomic E-state index is 11.5. The average molecular weight is 242 g/mol. The zero-order valence-corrected chi connectivity index (χ0v) is 10.1. The summed E-state index contributed by atoms with van der Waals surface area (Å²) in [5.41, 5.74) is 2.26. The molecule has 1 aromatic heterocycles. The Balaban J connectivity index is 1.95. The van der Waals surface area contributed by atoms with Crippen molar-refractivity contribution in [3.63, 3.8) is 0 Å². The Labute approximate surface area is 105 Å². The van der Waals surface area contributed by atoms with E-state index in [1.165, 1.54) is 18.0 Å². The van der Waals surface area contributed by atoms with Crippen molar-refractivity contribution in [3.05, 3.63) is 47.8 Å². The van der Waals surface area contributed by atoms with Crippen molar-refractivity contribution in [2.45, 2.75) is 13.3 Å². The van der Waals surface area contributed by atoms with E-state index >= 15 is 0 Å². The van der Waals surface area contributed by atoms with Crippen LogP contribution in [0.1, 0.15) is 18.1 Å². The summed E-state index contributed by atoms with van der Waals surface area (Å²) in [6, 6.07) is 8.07. The number of aromatic nitrogens is 3. The normalized spacial score (nSPS) is 10.7. The van der Waals surface area contributed by atoms with Crippen LogP contribution in [0.15, 0.2) is 36.7 Å². The zero-order chi connectivity index (χ0) is 12.8. The molecule has 5 nitrogen and oxygen atoms in total. The monoisotopic (exact) mass is 242 g/mol. The molecule has 0 saturated carbocycles. The van der Waals surface area contributed by atoms with Crippen LogP contribution in [0, 0.1) is 0 Å². The number of amides is 1. The molecule has 2 rings (SSSR count). The Morgan fingerprint density at radius 1 is 1.39 bits per heavy atom. The van der Waals surface area contributed by atoms with Gasteiger partial charge in [0.2, 0.25) is 5.95 Å². The first-order valence-electron chi connectivity index (χ1n) is 5.71. The molecule has 1 amide bonds. The molecule has 0 saturated heterocycles. The first kappa shape index (κ1) is 12.0. The number of aryl methyl sites for hydroxylation is 1. The van der Waals surface area contributed by atoms with Gasteiger partial charge in [0.05, 0.1) is 0 Å². The van der Waals surface area contributed by atoms with E-state index in [2.05, 4.69) is 27.4 Å². The molecule has 0 aliphatic rings. The highest BCUT2D eigenvalue weighted by atomic mass is 16.1. The lowest BCUT2D eigenvalue weighted by Gasteiger charge is -1.98. The van der Waals surface area contributed by atoms with Crippen molar-refractivity contribution >= 4 is 17.9 Å². The largest absolute Gasteiger partial charge is 0.291 e. The minimum absolute atomic E-state index is 0.244. The van der Waals surface area contributed by atoms with E-state index < -0.39 is 0 Å². The van der Waals surface area contributed by atoms with Crippen LogP contribution in [0.3, 0.4) is 0 Å². The van der Waals surface area contributed by atoms with Crippen LogP contribution in [0.5, 0.6) is 0 Å². The molecule has 0 bridgehead atoms. The van der Waals surface area contributed by atoms with Gasteiger partial charge in [-0.25, -0.2) is 5.10 Å². The smallest absolute Gasteiger partial charge is 0.250 e. The van der Waals surface area contributed by atoms with Crippen molar-refractivity contribution in [2.24, 2.45) is 0 Å². The summed E-state index contributed by atoms with van der Waals surface area (Å²) in [5.74, 6) is 0.0947.